The van der Waals surface area contributed by atoms with E-state index in [0.29, 0.717) is 29.5 Å². The second kappa shape index (κ2) is 8.81. The summed E-state index contributed by atoms with van der Waals surface area (Å²) in [6.45, 7) is 3.85. The first-order valence-electron chi connectivity index (χ1n) is 9.66. The Morgan fingerprint density at radius 2 is 1.87 bits per heavy atom. The van der Waals surface area contributed by atoms with E-state index in [9.17, 15) is 9.59 Å². The predicted molar refractivity (Wildman–Crippen MR) is 113 cm³/mol. The third kappa shape index (κ3) is 4.86. The van der Waals surface area contributed by atoms with Crippen molar-refractivity contribution in [2.45, 2.75) is 45.1 Å². The maximum atomic E-state index is 12.3. The van der Waals surface area contributed by atoms with Crippen LogP contribution in [0, 0.1) is 0 Å². The Hall–Kier alpha value is -3.62. The predicted octanol–water partition coefficient (Wildman–Crippen LogP) is 2.72. The molecule has 3 aromatic rings. The fraction of sp³-hybridized carbons (Fsp3) is 0.333. The molecule has 1 unspecified atom stereocenters. The van der Waals surface area contributed by atoms with Crippen LogP contribution in [0.2, 0.25) is 0 Å². The smallest absolute Gasteiger partial charge is 0.303 e. The minimum absolute atomic E-state index is 0.0166. The van der Waals surface area contributed by atoms with Gasteiger partial charge in [0.25, 0.3) is 5.91 Å². The molecule has 1 amide bonds. The minimum Gasteiger partial charge on any atom is -0.481 e. The summed E-state index contributed by atoms with van der Waals surface area (Å²) in [6, 6.07) is 7.11. The van der Waals surface area contributed by atoms with Crippen LogP contribution in [0.5, 0.6) is 0 Å². The molecule has 0 saturated heterocycles. The second-order valence-electron chi connectivity index (χ2n) is 7.44. The third-order valence-corrected chi connectivity index (χ3v) is 4.99. The maximum Gasteiger partial charge on any atom is 0.303 e. The molecule has 2 atom stereocenters. The van der Waals surface area contributed by atoms with Crippen LogP contribution < -0.4 is 16.8 Å². The highest BCUT2D eigenvalue weighted by Gasteiger charge is 2.17. The SMILES string of the molecule is CC(Cc1coc2nc(N)nc(N)c12)c1ccc(C(=O)N[C@H](C)CCC(=O)O)cc1. The highest BCUT2D eigenvalue weighted by molar-refractivity contribution is 5.94. The Kier molecular flexibility index (Phi) is 6.20. The topological polar surface area (TPSA) is 157 Å². The van der Waals surface area contributed by atoms with Crippen molar-refractivity contribution in [1.82, 2.24) is 15.3 Å². The molecule has 0 bridgehead atoms. The maximum absolute atomic E-state index is 12.3. The van der Waals surface area contributed by atoms with E-state index in [-0.39, 0.29) is 36.1 Å². The quantitative estimate of drug-likeness (QED) is 0.440. The highest BCUT2D eigenvalue weighted by Crippen LogP contribution is 2.29. The molecule has 0 spiro atoms. The Bertz CT molecular complexity index is 1060. The fourth-order valence-electron chi connectivity index (χ4n) is 3.33. The average molecular weight is 411 g/mol. The minimum atomic E-state index is -0.878. The van der Waals surface area contributed by atoms with Crippen molar-refractivity contribution >= 4 is 34.7 Å². The molecule has 3 rings (SSSR count). The molecule has 0 aliphatic rings. The Balaban J connectivity index is 1.66. The van der Waals surface area contributed by atoms with Gasteiger partial charge in [-0.25, -0.2) is 0 Å². The van der Waals surface area contributed by atoms with E-state index in [4.69, 9.17) is 21.0 Å². The zero-order valence-electron chi connectivity index (χ0n) is 16.9. The van der Waals surface area contributed by atoms with Gasteiger partial charge in [-0.1, -0.05) is 19.1 Å². The van der Waals surface area contributed by atoms with Gasteiger partial charge in [-0.15, -0.1) is 0 Å². The number of aromatic nitrogens is 2. The van der Waals surface area contributed by atoms with Crippen LogP contribution in [0.1, 0.15) is 54.1 Å². The number of benzene rings is 1. The van der Waals surface area contributed by atoms with Crippen LogP contribution in [0.3, 0.4) is 0 Å². The number of nitrogen functional groups attached to an aromatic ring is 2. The molecule has 30 heavy (non-hydrogen) atoms. The summed E-state index contributed by atoms with van der Waals surface area (Å²) >= 11 is 0. The number of anilines is 2. The van der Waals surface area contributed by atoms with Crippen molar-refractivity contribution in [3.63, 3.8) is 0 Å². The van der Waals surface area contributed by atoms with Gasteiger partial charge in [-0.3, -0.25) is 9.59 Å². The number of amides is 1. The van der Waals surface area contributed by atoms with Gasteiger partial charge in [0.2, 0.25) is 11.7 Å². The summed E-state index contributed by atoms with van der Waals surface area (Å²) < 4.78 is 5.47. The van der Waals surface area contributed by atoms with E-state index < -0.39 is 5.97 Å². The number of carboxylic acids is 1. The first kappa shape index (κ1) is 21.1. The number of nitrogens with two attached hydrogens (primary N) is 2. The van der Waals surface area contributed by atoms with Gasteiger partial charge in [0.1, 0.15) is 5.82 Å². The molecule has 158 valence electrons. The van der Waals surface area contributed by atoms with Gasteiger partial charge in [0, 0.05) is 23.6 Å². The van der Waals surface area contributed by atoms with Crippen molar-refractivity contribution in [3.05, 3.63) is 47.2 Å². The lowest BCUT2D eigenvalue weighted by Gasteiger charge is -2.14. The molecule has 0 aliphatic carbocycles. The fourth-order valence-corrected chi connectivity index (χ4v) is 3.33. The summed E-state index contributed by atoms with van der Waals surface area (Å²) in [7, 11) is 0. The van der Waals surface area contributed by atoms with E-state index in [2.05, 4.69) is 22.2 Å². The highest BCUT2D eigenvalue weighted by atomic mass is 16.4. The standard InChI is InChI=1S/C21H25N5O4/c1-11(9-15-10-30-20-17(15)18(22)25-21(23)26-20)13-4-6-14(7-5-13)19(29)24-12(2)3-8-16(27)28/h4-7,10-12H,3,8-9H2,1-2H3,(H,24,29)(H,27,28)(H4,22,23,25,26)/t11?,12-/m1/s1. The number of carbonyl (C=O) groups is 2. The summed E-state index contributed by atoms with van der Waals surface area (Å²) in [5.74, 6) is -0.612. The number of carbonyl (C=O) groups excluding carboxylic acids is 1. The summed E-state index contributed by atoms with van der Waals surface area (Å²) in [6.07, 6.45) is 2.67. The molecule has 0 aliphatic heterocycles. The van der Waals surface area contributed by atoms with Crippen LogP contribution >= 0.6 is 0 Å². The summed E-state index contributed by atoms with van der Waals surface area (Å²) in [5, 5.41) is 12.2. The van der Waals surface area contributed by atoms with Crippen molar-refractivity contribution < 1.29 is 19.1 Å². The summed E-state index contributed by atoms with van der Waals surface area (Å²) in [4.78, 5) is 31.0. The van der Waals surface area contributed by atoms with Crippen molar-refractivity contribution in [1.29, 1.82) is 0 Å². The van der Waals surface area contributed by atoms with Gasteiger partial charge in [0.05, 0.1) is 11.6 Å². The number of hydrogen-bond donors (Lipinski definition) is 4. The molecule has 1 aromatic carbocycles. The Labute approximate surface area is 173 Å². The van der Waals surface area contributed by atoms with E-state index >= 15 is 0 Å². The first-order valence-corrected chi connectivity index (χ1v) is 9.66. The zero-order valence-corrected chi connectivity index (χ0v) is 16.9. The number of hydrogen-bond acceptors (Lipinski definition) is 7. The van der Waals surface area contributed by atoms with Crippen LogP contribution in [0.25, 0.3) is 11.1 Å². The van der Waals surface area contributed by atoms with E-state index in [1.54, 1.807) is 25.3 Å². The molecular formula is C21H25N5O4. The average Bonchev–Trinajstić information content (AvgIpc) is 3.09. The van der Waals surface area contributed by atoms with E-state index in [0.717, 1.165) is 11.1 Å². The number of nitrogens with zero attached hydrogens (tertiary/aromatic N) is 2. The summed E-state index contributed by atoms with van der Waals surface area (Å²) in [5.41, 5.74) is 14.4. The van der Waals surface area contributed by atoms with E-state index in [1.807, 2.05) is 12.1 Å². The van der Waals surface area contributed by atoms with Crippen LogP contribution in [-0.2, 0) is 11.2 Å². The lowest BCUT2D eigenvalue weighted by atomic mass is 9.93. The van der Waals surface area contributed by atoms with Crippen LogP contribution in [0.15, 0.2) is 34.9 Å². The number of nitrogens with one attached hydrogen (secondary N) is 1. The molecule has 9 nitrogen and oxygen atoms in total. The largest absolute Gasteiger partial charge is 0.481 e. The van der Waals surface area contributed by atoms with Crippen molar-refractivity contribution in [2.75, 3.05) is 11.5 Å². The van der Waals surface area contributed by atoms with E-state index in [1.165, 1.54) is 0 Å². The molecule has 2 heterocycles. The Morgan fingerprint density at radius 3 is 2.53 bits per heavy atom. The monoisotopic (exact) mass is 411 g/mol. The first-order chi connectivity index (χ1) is 14.2. The lowest BCUT2D eigenvalue weighted by molar-refractivity contribution is -0.137. The number of rotatable bonds is 8. The normalized spacial score (nSPS) is 13.1. The van der Waals surface area contributed by atoms with Crippen LogP contribution in [-0.4, -0.2) is 33.0 Å². The Morgan fingerprint density at radius 1 is 1.17 bits per heavy atom. The van der Waals surface area contributed by atoms with Gasteiger partial charge in [-0.2, -0.15) is 9.97 Å². The number of furan rings is 1. The second-order valence-corrected chi connectivity index (χ2v) is 7.44. The molecule has 6 N–H and O–H groups in total. The molecule has 0 radical (unpaired) electrons. The molecule has 0 fully saturated rings. The van der Waals surface area contributed by atoms with Crippen LogP contribution in [0.4, 0.5) is 11.8 Å². The van der Waals surface area contributed by atoms with Gasteiger partial charge in [0.15, 0.2) is 0 Å². The number of fused-ring (bicyclic) bond motifs is 1. The van der Waals surface area contributed by atoms with Gasteiger partial charge in [-0.05, 0) is 43.4 Å². The lowest BCUT2D eigenvalue weighted by Crippen LogP contribution is -2.32. The molecule has 2 aromatic heterocycles. The zero-order chi connectivity index (χ0) is 21.8. The molecule has 0 saturated carbocycles. The third-order valence-electron chi connectivity index (χ3n) is 4.99. The van der Waals surface area contributed by atoms with Gasteiger partial charge >= 0.3 is 5.97 Å². The molecular weight excluding hydrogens is 386 g/mol. The number of aliphatic carboxylic acids is 1. The molecule has 9 heteroatoms. The van der Waals surface area contributed by atoms with Crippen molar-refractivity contribution in [2.24, 2.45) is 0 Å². The van der Waals surface area contributed by atoms with Gasteiger partial charge < -0.3 is 26.3 Å². The van der Waals surface area contributed by atoms with Crippen molar-refractivity contribution in [3.8, 4) is 0 Å². The number of carboxylic acid groups (broad SMARTS) is 1.